The van der Waals surface area contributed by atoms with Crippen molar-refractivity contribution in [3.8, 4) is 0 Å². The molecular formula is C22H25F3N2O2. The lowest BCUT2D eigenvalue weighted by Crippen LogP contribution is -2.36. The molecule has 1 aliphatic carbocycles. The maximum absolute atomic E-state index is 13.2. The summed E-state index contributed by atoms with van der Waals surface area (Å²) in [5.74, 6) is -0.0425. The number of alkyl halides is 3. The topological polar surface area (TPSA) is 52.0 Å². The molecule has 1 aliphatic rings. The Hall–Kier alpha value is -2.44. The molecule has 7 heteroatoms. The van der Waals surface area contributed by atoms with Gasteiger partial charge in [0.05, 0.1) is 5.41 Å². The first-order valence-electron chi connectivity index (χ1n) is 9.59. The van der Waals surface area contributed by atoms with Crippen LogP contribution in [0.4, 0.5) is 13.2 Å². The largest absolute Gasteiger partial charge is 0.397 e. The molecule has 3 rings (SSSR count). The zero-order valence-corrected chi connectivity index (χ0v) is 17.0. The van der Waals surface area contributed by atoms with Gasteiger partial charge >= 0.3 is 6.18 Å². The maximum atomic E-state index is 13.2. The van der Waals surface area contributed by atoms with Gasteiger partial charge in [0.2, 0.25) is 0 Å². The fourth-order valence-electron chi connectivity index (χ4n) is 3.74. The van der Waals surface area contributed by atoms with Crippen LogP contribution in [0.5, 0.6) is 0 Å². The van der Waals surface area contributed by atoms with Crippen molar-refractivity contribution in [1.29, 1.82) is 0 Å². The Morgan fingerprint density at radius 1 is 1.17 bits per heavy atom. The molecule has 156 valence electrons. The number of ketones is 2. The van der Waals surface area contributed by atoms with Crippen molar-refractivity contribution >= 4 is 11.6 Å². The van der Waals surface area contributed by atoms with Crippen LogP contribution in [0.3, 0.4) is 0 Å². The van der Waals surface area contributed by atoms with Crippen molar-refractivity contribution in [2.24, 2.45) is 13.0 Å². The van der Waals surface area contributed by atoms with E-state index in [1.807, 2.05) is 6.92 Å². The maximum Gasteiger partial charge on any atom is 0.397 e. The van der Waals surface area contributed by atoms with E-state index in [2.05, 4.69) is 4.98 Å². The van der Waals surface area contributed by atoms with E-state index in [4.69, 9.17) is 0 Å². The first kappa shape index (κ1) is 21.3. The molecule has 2 atom stereocenters. The summed E-state index contributed by atoms with van der Waals surface area (Å²) in [6.45, 7) is 4.26. The van der Waals surface area contributed by atoms with Crippen LogP contribution in [0.15, 0.2) is 36.7 Å². The van der Waals surface area contributed by atoms with Gasteiger partial charge in [0, 0.05) is 43.6 Å². The second-order valence-electron chi connectivity index (χ2n) is 8.63. The Balaban J connectivity index is 1.64. The molecule has 1 aromatic carbocycles. The summed E-state index contributed by atoms with van der Waals surface area (Å²) in [7, 11) is 1.73. The minimum atomic E-state index is -4.34. The number of hydrogen-bond donors (Lipinski definition) is 0. The number of carbonyl (C=O) groups is 2. The van der Waals surface area contributed by atoms with E-state index in [1.165, 1.54) is 18.3 Å². The first-order chi connectivity index (χ1) is 13.4. The van der Waals surface area contributed by atoms with Gasteiger partial charge in [-0.25, -0.2) is 4.98 Å². The number of Topliss-reactive ketones (excluding diaryl/α,β-unsaturated/α-hetero) is 2. The minimum Gasteiger partial charge on any atom is -0.332 e. The molecule has 0 aliphatic heterocycles. The number of aryl methyl sites for hydroxylation is 1. The summed E-state index contributed by atoms with van der Waals surface area (Å²) in [5.41, 5.74) is -1.27. The third-order valence-corrected chi connectivity index (χ3v) is 6.27. The molecule has 0 bridgehead atoms. The van der Waals surface area contributed by atoms with Gasteiger partial charge in [-0.3, -0.25) is 9.59 Å². The highest BCUT2D eigenvalue weighted by Crippen LogP contribution is 2.55. The summed E-state index contributed by atoms with van der Waals surface area (Å²) in [6.07, 6.45) is -0.228. The fraction of sp³-hybridized carbons (Fsp3) is 0.500. The lowest BCUT2D eigenvalue weighted by Gasteiger charge is -2.28. The second-order valence-corrected chi connectivity index (χ2v) is 8.63. The van der Waals surface area contributed by atoms with E-state index in [9.17, 15) is 22.8 Å². The predicted molar refractivity (Wildman–Crippen MR) is 103 cm³/mol. The van der Waals surface area contributed by atoms with Gasteiger partial charge in [0.15, 0.2) is 11.6 Å². The molecule has 0 amide bonds. The molecule has 2 aromatic rings. The van der Waals surface area contributed by atoms with Crippen molar-refractivity contribution in [3.05, 3.63) is 53.6 Å². The molecule has 0 radical (unpaired) electrons. The SMILES string of the molecule is Cn1ccnc1C(=O)CCC(=O)C1CC1(C)c1ccc(C(C)(C)C(F)(F)F)cc1. The molecule has 0 saturated heterocycles. The van der Waals surface area contributed by atoms with Crippen molar-refractivity contribution in [2.45, 2.75) is 57.0 Å². The monoisotopic (exact) mass is 406 g/mol. The molecule has 29 heavy (non-hydrogen) atoms. The highest BCUT2D eigenvalue weighted by molar-refractivity contribution is 5.96. The molecule has 1 heterocycles. The van der Waals surface area contributed by atoms with Gasteiger partial charge in [-0.05, 0) is 31.4 Å². The summed E-state index contributed by atoms with van der Waals surface area (Å²) in [4.78, 5) is 28.8. The van der Waals surface area contributed by atoms with E-state index >= 15 is 0 Å². The Labute approximate surface area is 168 Å². The van der Waals surface area contributed by atoms with Crippen LogP contribution < -0.4 is 0 Å². The van der Waals surface area contributed by atoms with Crippen LogP contribution in [-0.4, -0.2) is 27.3 Å². The lowest BCUT2D eigenvalue weighted by molar-refractivity contribution is -0.180. The van der Waals surface area contributed by atoms with Gasteiger partial charge < -0.3 is 4.57 Å². The van der Waals surface area contributed by atoms with Gasteiger partial charge in [-0.15, -0.1) is 0 Å². The molecule has 4 nitrogen and oxygen atoms in total. The molecule has 2 unspecified atom stereocenters. The van der Waals surface area contributed by atoms with Crippen LogP contribution in [0.25, 0.3) is 0 Å². The van der Waals surface area contributed by atoms with Crippen LogP contribution >= 0.6 is 0 Å². The van der Waals surface area contributed by atoms with Gasteiger partial charge in [0.25, 0.3) is 0 Å². The number of carbonyl (C=O) groups excluding carboxylic acids is 2. The van der Waals surface area contributed by atoms with Gasteiger partial charge in [-0.2, -0.15) is 13.2 Å². The van der Waals surface area contributed by atoms with Crippen molar-refractivity contribution < 1.29 is 22.8 Å². The number of hydrogen-bond acceptors (Lipinski definition) is 3. The number of benzene rings is 1. The lowest BCUT2D eigenvalue weighted by atomic mass is 9.82. The standard InChI is InChI=1S/C22H25F3N2O2/c1-20(2,22(23,24)25)14-5-7-15(8-6-14)21(3)13-16(21)17(28)9-10-18(29)19-26-11-12-27(19)4/h5-8,11-12,16H,9-10,13H2,1-4H3. The van der Waals surface area contributed by atoms with E-state index in [-0.39, 0.29) is 41.3 Å². The Bertz CT molecular complexity index is 928. The quantitative estimate of drug-likeness (QED) is 0.623. The van der Waals surface area contributed by atoms with E-state index in [1.54, 1.807) is 29.9 Å². The first-order valence-corrected chi connectivity index (χ1v) is 9.59. The second kappa shape index (κ2) is 7.11. The predicted octanol–water partition coefficient (Wildman–Crippen LogP) is 4.77. The third-order valence-electron chi connectivity index (χ3n) is 6.27. The average molecular weight is 406 g/mol. The molecule has 0 N–H and O–H groups in total. The highest BCUT2D eigenvalue weighted by atomic mass is 19.4. The molecule has 0 spiro atoms. The normalized spacial score (nSPS) is 21.8. The number of halogens is 3. The molecule has 1 aromatic heterocycles. The van der Waals surface area contributed by atoms with E-state index in [0.717, 1.165) is 19.4 Å². The number of imidazole rings is 1. The summed E-state index contributed by atoms with van der Waals surface area (Å²) < 4.78 is 41.3. The number of rotatable bonds is 7. The van der Waals surface area contributed by atoms with Crippen LogP contribution in [0.1, 0.15) is 61.8 Å². The summed E-state index contributed by atoms with van der Waals surface area (Å²) in [5, 5.41) is 0. The number of aromatic nitrogens is 2. The van der Waals surface area contributed by atoms with Crippen LogP contribution in [-0.2, 0) is 22.7 Å². The van der Waals surface area contributed by atoms with Crippen LogP contribution in [0.2, 0.25) is 0 Å². The summed E-state index contributed by atoms with van der Waals surface area (Å²) in [6, 6.07) is 6.38. The molecule has 1 fully saturated rings. The highest BCUT2D eigenvalue weighted by Gasteiger charge is 2.55. The fourth-order valence-corrected chi connectivity index (χ4v) is 3.74. The van der Waals surface area contributed by atoms with Crippen molar-refractivity contribution in [3.63, 3.8) is 0 Å². The van der Waals surface area contributed by atoms with Crippen molar-refractivity contribution in [1.82, 2.24) is 9.55 Å². The Kier molecular flexibility index (Phi) is 5.22. The van der Waals surface area contributed by atoms with E-state index < -0.39 is 11.6 Å². The van der Waals surface area contributed by atoms with Crippen LogP contribution in [0, 0.1) is 5.92 Å². The summed E-state index contributed by atoms with van der Waals surface area (Å²) >= 11 is 0. The smallest absolute Gasteiger partial charge is 0.332 e. The third kappa shape index (κ3) is 3.87. The van der Waals surface area contributed by atoms with E-state index in [0.29, 0.717) is 12.2 Å². The minimum absolute atomic E-state index is 0.00903. The zero-order valence-electron chi connectivity index (χ0n) is 17.0. The molecule has 1 saturated carbocycles. The average Bonchev–Trinajstić information content (AvgIpc) is 3.17. The van der Waals surface area contributed by atoms with Crippen molar-refractivity contribution in [2.75, 3.05) is 0 Å². The van der Waals surface area contributed by atoms with Gasteiger partial charge in [0.1, 0.15) is 5.78 Å². The van der Waals surface area contributed by atoms with Gasteiger partial charge in [-0.1, -0.05) is 31.2 Å². The Morgan fingerprint density at radius 3 is 2.31 bits per heavy atom. The number of nitrogens with zero attached hydrogens (tertiary/aromatic N) is 2. The zero-order chi connectivity index (χ0) is 21.6. The molecular weight excluding hydrogens is 381 g/mol. The Morgan fingerprint density at radius 2 is 1.79 bits per heavy atom.